The van der Waals surface area contributed by atoms with E-state index < -0.39 is 11.9 Å². The van der Waals surface area contributed by atoms with Gasteiger partial charge in [-0.1, -0.05) is 83.0 Å². The van der Waals surface area contributed by atoms with E-state index in [0.29, 0.717) is 23.6 Å². The van der Waals surface area contributed by atoms with Crippen LogP contribution in [0, 0.1) is 5.82 Å². The van der Waals surface area contributed by atoms with E-state index in [4.69, 9.17) is 11.6 Å². The minimum atomic E-state index is -0.692. The smallest absolute Gasteiger partial charge is 0.243 e. The molecule has 3 rings (SSSR count). The Morgan fingerprint density at radius 3 is 2.47 bits per heavy atom. The van der Waals surface area contributed by atoms with Crippen LogP contribution < -0.4 is 5.32 Å². The molecule has 0 spiro atoms. The van der Waals surface area contributed by atoms with Gasteiger partial charge in [0.15, 0.2) is 0 Å². The molecule has 0 aliphatic carbocycles. The van der Waals surface area contributed by atoms with E-state index in [1.165, 1.54) is 17.8 Å². The zero-order chi connectivity index (χ0) is 25.9. The molecule has 2 amide bonds. The fourth-order valence-corrected chi connectivity index (χ4v) is 5.44. The number of nitrogens with zero attached hydrogens (tertiary/aromatic N) is 1. The van der Waals surface area contributed by atoms with Crippen molar-refractivity contribution >= 4 is 51.1 Å². The van der Waals surface area contributed by atoms with Crippen molar-refractivity contribution in [3.05, 3.63) is 105 Å². The van der Waals surface area contributed by atoms with Gasteiger partial charge in [0.05, 0.1) is 5.75 Å². The van der Waals surface area contributed by atoms with Crippen LogP contribution in [0.1, 0.15) is 30.0 Å². The molecule has 0 aromatic heterocycles. The van der Waals surface area contributed by atoms with Crippen molar-refractivity contribution in [3.8, 4) is 0 Å². The van der Waals surface area contributed by atoms with E-state index in [-0.39, 0.29) is 29.9 Å². The van der Waals surface area contributed by atoms with Gasteiger partial charge in [-0.2, -0.15) is 0 Å². The van der Waals surface area contributed by atoms with E-state index in [9.17, 15) is 14.0 Å². The van der Waals surface area contributed by atoms with Crippen molar-refractivity contribution in [1.29, 1.82) is 0 Å². The fraction of sp³-hybridized carbons (Fsp3) is 0.286. The molecule has 0 aliphatic rings. The second kappa shape index (κ2) is 14.4. The van der Waals surface area contributed by atoms with Crippen molar-refractivity contribution in [1.82, 2.24) is 10.2 Å². The van der Waals surface area contributed by atoms with Crippen molar-refractivity contribution in [2.75, 3.05) is 12.3 Å². The first kappa shape index (κ1) is 28.2. The maximum atomic E-state index is 14.2. The number of carbonyl (C=O) groups is 2. The fourth-order valence-electron chi connectivity index (χ4n) is 3.75. The van der Waals surface area contributed by atoms with E-state index in [1.54, 1.807) is 17.0 Å². The molecule has 0 unspecified atom stereocenters. The SMILES string of the molecule is CCCNC(=O)[C@H](Cc1ccccc1)N(Cc1cccc(Br)c1)C(=O)CSCc1c(F)cccc1Cl. The number of carbonyl (C=O) groups excluding carboxylic acids is 2. The summed E-state index contributed by atoms with van der Waals surface area (Å²) in [6, 6.07) is 21.2. The van der Waals surface area contributed by atoms with Gasteiger partial charge < -0.3 is 10.2 Å². The molecule has 3 aromatic rings. The number of benzene rings is 3. The van der Waals surface area contributed by atoms with Crippen molar-refractivity contribution in [2.24, 2.45) is 0 Å². The van der Waals surface area contributed by atoms with Gasteiger partial charge in [-0.05, 0) is 41.8 Å². The Kier molecular flexibility index (Phi) is 11.3. The highest BCUT2D eigenvalue weighted by Crippen LogP contribution is 2.25. The van der Waals surface area contributed by atoms with Crippen LogP contribution in [-0.4, -0.2) is 35.1 Å². The third-order valence-corrected chi connectivity index (χ3v) is 7.39. The van der Waals surface area contributed by atoms with Crippen LogP contribution in [0.5, 0.6) is 0 Å². The first-order chi connectivity index (χ1) is 17.4. The molecule has 0 fully saturated rings. The van der Waals surface area contributed by atoms with E-state index >= 15 is 0 Å². The second-order valence-corrected chi connectivity index (χ2v) is 10.6. The lowest BCUT2D eigenvalue weighted by Crippen LogP contribution is -2.51. The summed E-state index contributed by atoms with van der Waals surface area (Å²) in [6.45, 7) is 2.79. The number of nitrogens with one attached hydrogen (secondary N) is 1. The molecule has 0 saturated heterocycles. The van der Waals surface area contributed by atoms with Gasteiger partial charge in [0.1, 0.15) is 11.9 Å². The van der Waals surface area contributed by atoms with Crippen LogP contribution in [0.4, 0.5) is 4.39 Å². The molecular weight excluding hydrogens is 563 g/mol. The molecule has 190 valence electrons. The van der Waals surface area contributed by atoms with Crippen molar-refractivity contribution in [2.45, 2.75) is 38.1 Å². The second-order valence-electron chi connectivity index (χ2n) is 8.34. The molecule has 0 heterocycles. The molecule has 0 saturated carbocycles. The van der Waals surface area contributed by atoms with Crippen molar-refractivity contribution in [3.63, 3.8) is 0 Å². The van der Waals surface area contributed by atoms with E-state index in [2.05, 4.69) is 21.2 Å². The molecule has 0 bridgehead atoms. The monoisotopic (exact) mass is 590 g/mol. The Hall–Kier alpha value is -2.35. The highest BCUT2D eigenvalue weighted by atomic mass is 79.9. The number of halogens is 3. The van der Waals surface area contributed by atoms with Gasteiger partial charge in [-0.3, -0.25) is 9.59 Å². The van der Waals surface area contributed by atoms with Gasteiger partial charge in [-0.15, -0.1) is 11.8 Å². The van der Waals surface area contributed by atoms with E-state index in [0.717, 1.165) is 22.0 Å². The van der Waals surface area contributed by atoms with Crippen LogP contribution in [0.3, 0.4) is 0 Å². The Bertz CT molecular complexity index is 1150. The van der Waals surface area contributed by atoms with E-state index in [1.807, 2.05) is 61.5 Å². The summed E-state index contributed by atoms with van der Waals surface area (Å²) >= 11 is 10.9. The molecule has 1 N–H and O–H groups in total. The quantitative estimate of drug-likeness (QED) is 0.257. The lowest BCUT2D eigenvalue weighted by atomic mass is 10.0. The molecule has 3 aromatic carbocycles. The average Bonchev–Trinajstić information content (AvgIpc) is 2.87. The van der Waals surface area contributed by atoms with Gasteiger partial charge in [0.25, 0.3) is 0 Å². The Balaban J connectivity index is 1.85. The summed E-state index contributed by atoms with van der Waals surface area (Å²) in [4.78, 5) is 28.5. The number of rotatable bonds is 12. The molecule has 0 radical (unpaired) electrons. The first-order valence-electron chi connectivity index (χ1n) is 11.7. The lowest BCUT2D eigenvalue weighted by molar-refractivity contribution is -0.139. The highest BCUT2D eigenvalue weighted by Gasteiger charge is 2.30. The summed E-state index contributed by atoms with van der Waals surface area (Å²) in [5.41, 5.74) is 2.24. The van der Waals surface area contributed by atoms with Crippen LogP contribution in [0.15, 0.2) is 77.3 Å². The molecule has 8 heteroatoms. The number of thioether (sulfide) groups is 1. The minimum absolute atomic E-state index is 0.0883. The predicted octanol–water partition coefficient (Wildman–Crippen LogP) is 6.64. The highest BCUT2D eigenvalue weighted by molar-refractivity contribution is 9.10. The Morgan fingerprint density at radius 1 is 1.06 bits per heavy atom. The molecule has 36 heavy (non-hydrogen) atoms. The van der Waals surface area contributed by atoms with Gasteiger partial charge in [-0.25, -0.2) is 4.39 Å². The summed E-state index contributed by atoms with van der Waals surface area (Å²) in [7, 11) is 0. The van der Waals surface area contributed by atoms with Gasteiger partial charge in [0, 0.05) is 40.3 Å². The average molecular weight is 592 g/mol. The standard InChI is InChI=1S/C28H29BrClFN2O2S/c1-2-14-32-28(35)26(16-20-8-4-3-5-9-20)33(17-21-10-6-11-22(29)15-21)27(34)19-36-18-23-24(30)12-7-13-25(23)31/h3-13,15,26H,2,14,16-19H2,1H3,(H,32,35)/t26-/m0/s1. The maximum Gasteiger partial charge on any atom is 0.243 e. The summed E-state index contributed by atoms with van der Waals surface area (Å²) in [5, 5.41) is 3.30. The summed E-state index contributed by atoms with van der Waals surface area (Å²) < 4.78 is 15.1. The maximum absolute atomic E-state index is 14.2. The zero-order valence-corrected chi connectivity index (χ0v) is 23.2. The summed E-state index contributed by atoms with van der Waals surface area (Å²) in [6.07, 6.45) is 1.18. The van der Waals surface area contributed by atoms with Crippen LogP contribution in [-0.2, 0) is 28.3 Å². The third kappa shape index (κ3) is 8.36. The summed E-state index contributed by atoms with van der Waals surface area (Å²) in [5.74, 6) is -0.432. The Morgan fingerprint density at radius 2 is 1.78 bits per heavy atom. The van der Waals surface area contributed by atoms with Crippen LogP contribution >= 0.6 is 39.3 Å². The number of hydrogen-bond acceptors (Lipinski definition) is 3. The molecule has 4 nitrogen and oxygen atoms in total. The number of hydrogen-bond donors (Lipinski definition) is 1. The first-order valence-corrected chi connectivity index (χ1v) is 14.1. The lowest BCUT2D eigenvalue weighted by Gasteiger charge is -2.31. The van der Waals surface area contributed by atoms with Crippen LogP contribution in [0.2, 0.25) is 5.02 Å². The normalized spacial score (nSPS) is 11.7. The van der Waals surface area contributed by atoms with Crippen molar-refractivity contribution < 1.29 is 14.0 Å². The van der Waals surface area contributed by atoms with Crippen LogP contribution in [0.25, 0.3) is 0 Å². The molecule has 0 aliphatic heterocycles. The molecular formula is C28H29BrClFN2O2S. The molecule has 1 atom stereocenters. The predicted molar refractivity (Wildman–Crippen MR) is 149 cm³/mol. The third-order valence-electron chi connectivity index (χ3n) is 5.60. The largest absolute Gasteiger partial charge is 0.354 e. The zero-order valence-electron chi connectivity index (χ0n) is 20.1. The number of amides is 2. The topological polar surface area (TPSA) is 49.4 Å². The minimum Gasteiger partial charge on any atom is -0.354 e. The van der Waals surface area contributed by atoms with Gasteiger partial charge in [0.2, 0.25) is 11.8 Å². The Labute approximate surface area is 229 Å². The van der Waals surface area contributed by atoms with Gasteiger partial charge >= 0.3 is 0 Å².